The summed E-state index contributed by atoms with van der Waals surface area (Å²) in [5, 5.41) is 14.4. The molecule has 0 bridgehead atoms. The van der Waals surface area contributed by atoms with Crippen molar-refractivity contribution >= 4 is 6.03 Å². The number of para-hydroxylation sites is 1. The monoisotopic (exact) mass is 332 g/mol. The predicted octanol–water partition coefficient (Wildman–Crippen LogP) is 2.63. The fourth-order valence-electron chi connectivity index (χ4n) is 2.11. The third-order valence-corrected chi connectivity index (χ3v) is 3.40. The van der Waals surface area contributed by atoms with Gasteiger partial charge in [0.15, 0.2) is 11.6 Å². The Balaban J connectivity index is 2.06. The van der Waals surface area contributed by atoms with E-state index in [1.807, 2.05) is 30.3 Å². The number of amides is 2. The molecule has 5 nitrogen and oxygen atoms in total. The molecule has 0 saturated carbocycles. The summed E-state index contributed by atoms with van der Waals surface area (Å²) in [6, 6.07) is 14.1. The van der Waals surface area contributed by atoms with Gasteiger partial charge >= 0.3 is 6.03 Å². The highest BCUT2D eigenvalue weighted by Gasteiger charge is 2.17. The van der Waals surface area contributed by atoms with Gasteiger partial charge in [-0.2, -0.15) is 0 Å². The number of hydrogen-bond acceptors (Lipinski definition) is 3. The molecular weight excluding hydrogens is 311 g/mol. The number of urea groups is 1. The molecule has 2 aromatic carbocycles. The van der Waals surface area contributed by atoms with Crippen molar-refractivity contribution in [3.63, 3.8) is 0 Å². The van der Waals surface area contributed by atoms with Gasteiger partial charge in [0.05, 0.1) is 18.7 Å². The summed E-state index contributed by atoms with van der Waals surface area (Å²) >= 11 is 0. The summed E-state index contributed by atoms with van der Waals surface area (Å²) < 4.78 is 19.2. The standard InChI is InChI=1S/C18H21FN2O3/c1-13(11-22)20-18(23)21-16(14-7-3-2-4-8-14)12-24-17-10-6-5-9-15(17)19/h2-10,13,16,22H,11-12H2,1H3,(H2,20,21,23). The number of ether oxygens (including phenoxy) is 1. The molecule has 128 valence electrons. The third-order valence-electron chi connectivity index (χ3n) is 3.40. The highest BCUT2D eigenvalue weighted by Crippen LogP contribution is 2.19. The molecule has 3 N–H and O–H groups in total. The van der Waals surface area contributed by atoms with Crippen LogP contribution in [0.3, 0.4) is 0 Å². The second-order valence-electron chi connectivity index (χ2n) is 5.41. The van der Waals surface area contributed by atoms with Crippen molar-refractivity contribution < 1.29 is 19.0 Å². The number of carbonyl (C=O) groups is 1. The lowest BCUT2D eigenvalue weighted by molar-refractivity contribution is 0.208. The van der Waals surface area contributed by atoms with Crippen LogP contribution in [0.1, 0.15) is 18.5 Å². The summed E-state index contributed by atoms with van der Waals surface area (Å²) in [4.78, 5) is 12.0. The summed E-state index contributed by atoms with van der Waals surface area (Å²) in [6.07, 6.45) is 0. The van der Waals surface area contributed by atoms with E-state index in [1.165, 1.54) is 12.1 Å². The third kappa shape index (κ3) is 5.24. The van der Waals surface area contributed by atoms with Crippen LogP contribution in [-0.2, 0) is 0 Å². The van der Waals surface area contributed by atoms with E-state index in [1.54, 1.807) is 19.1 Å². The number of hydrogen-bond donors (Lipinski definition) is 3. The topological polar surface area (TPSA) is 70.6 Å². The molecule has 2 atom stereocenters. The molecule has 0 aliphatic carbocycles. The minimum Gasteiger partial charge on any atom is -0.488 e. The minimum atomic E-state index is -0.461. The van der Waals surface area contributed by atoms with Crippen LogP contribution in [0.25, 0.3) is 0 Å². The number of nitrogens with one attached hydrogen (secondary N) is 2. The molecule has 0 spiro atoms. The Labute approximate surface area is 140 Å². The first kappa shape index (κ1) is 17.7. The number of carbonyl (C=O) groups excluding carboxylic acids is 1. The number of halogens is 1. The van der Waals surface area contributed by atoms with Crippen LogP contribution in [0.5, 0.6) is 5.75 Å². The maximum absolute atomic E-state index is 13.7. The number of benzene rings is 2. The molecule has 2 amide bonds. The van der Waals surface area contributed by atoms with Gasteiger partial charge < -0.3 is 20.5 Å². The van der Waals surface area contributed by atoms with Gasteiger partial charge in [-0.05, 0) is 24.6 Å². The Bertz CT molecular complexity index is 652. The highest BCUT2D eigenvalue weighted by atomic mass is 19.1. The Morgan fingerprint density at radius 2 is 1.79 bits per heavy atom. The van der Waals surface area contributed by atoms with Gasteiger partial charge in [-0.15, -0.1) is 0 Å². The van der Waals surface area contributed by atoms with Crippen LogP contribution in [0, 0.1) is 5.82 Å². The first-order valence-corrected chi connectivity index (χ1v) is 7.70. The van der Waals surface area contributed by atoms with Gasteiger partial charge in [0.25, 0.3) is 0 Å². The second kappa shape index (κ2) is 8.88. The Kier molecular flexibility index (Phi) is 6.57. The van der Waals surface area contributed by atoms with Gasteiger partial charge in [-0.1, -0.05) is 42.5 Å². The maximum atomic E-state index is 13.7. The first-order chi connectivity index (χ1) is 11.6. The lowest BCUT2D eigenvalue weighted by atomic mass is 10.1. The Morgan fingerprint density at radius 1 is 1.12 bits per heavy atom. The Morgan fingerprint density at radius 3 is 2.46 bits per heavy atom. The van der Waals surface area contributed by atoms with Crippen LogP contribution in [0.15, 0.2) is 54.6 Å². The van der Waals surface area contributed by atoms with Gasteiger partial charge in [-0.3, -0.25) is 0 Å². The largest absolute Gasteiger partial charge is 0.488 e. The molecule has 0 fully saturated rings. The normalized spacial score (nSPS) is 13.0. The van der Waals surface area contributed by atoms with Crippen molar-refractivity contribution in [1.29, 1.82) is 0 Å². The fourth-order valence-corrected chi connectivity index (χ4v) is 2.11. The summed E-state index contributed by atoms with van der Waals surface area (Å²) in [6.45, 7) is 1.61. The summed E-state index contributed by atoms with van der Waals surface area (Å²) in [5.74, 6) is -0.327. The molecule has 0 radical (unpaired) electrons. The summed E-state index contributed by atoms with van der Waals surface area (Å²) in [7, 11) is 0. The van der Waals surface area contributed by atoms with Gasteiger partial charge in [-0.25, -0.2) is 9.18 Å². The first-order valence-electron chi connectivity index (χ1n) is 7.70. The van der Waals surface area contributed by atoms with E-state index in [0.29, 0.717) is 0 Å². The molecule has 24 heavy (non-hydrogen) atoms. The van der Waals surface area contributed by atoms with Crippen molar-refractivity contribution in [2.45, 2.75) is 19.0 Å². The van der Waals surface area contributed by atoms with Crippen molar-refractivity contribution in [2.75, 3.05) is 13.2 Å². The molecule has 2 unspecified atom stereocenters. The van der Waals surface area contributed by atoms with Crippen molar-refractivity contribution in [1.82, 2.24) is 10.6 Å². The minimum absolute atomic E-state index is 0.0753. The maximum Gasteiger partial charge on any atom is 0.315 e. The quantitative estimate of drug-likeness (QED) is 0.730. The van der Waals surface area contributed by atoms with Crippen LogP contribution in [-0.4, -0.2) is 30.4 Å². The highest BCUT2D eigenvalue weighted by molar-refractivity contribution is 5.74. The zero-order valence-electron chi connectivity index (χ0n) is 13.4. The molecular formula is C18H21FN2O3. The van der Waals surface area contributed by atoms with Gasteiger partial charge in [0.1, 0.15) is 6.61 Å². The van der Waals surface area contributed by atoms with E-state index in [4.69, 9.17) is 9.84 Å². The molecule has 0 aromatic heterocycles. The van der Waals surface area contributed by atoms with E-state index in [-0.39, 0.29) is 25.0 Å². The van der Waals surface area contributed by atoms with Gasteiger partial charge in [0.2, 0.25) is 0 Å². The molecule has 2 aromatic rings. The smallest absolute Gasteiger partial charge is 0.315 e. The zero-order valence-corrected chi connectivity index (χ0v) is 13.4. The van der Waals surface area contributed by atoms with E-state index in [2.05, 4.69) is 10.6 Å². The molecule has 2 rings (SSSR count). The average molecular weight is 332 g/mol. The van der Waals surface area contributed by atoms with Crippen LogP contribution >= 0.6 is 0 Å². The van der Waals surface area contributed by atoms with E-state index in [0.717, 1.165) is 5.56 Å². The van der Waals surface area contributed by atoms with Crippen molar-refractivity contribution in [2.24, 2.45) is 0 Å². The molecule has 0 saturated heterocycles. The number of aliphatic hydroxyl groups is 1. The van der Waals surface area contributed by atoms with E-state index >= 15 is 0 Å². The van der Waals surface area contributed by atoms with Crippen LogP contribution in [0.2, 0.25) is 0 Å². The van der Waals surface area contributed by atoms with Crippen molar-refractivity contribution in [3.05, 3.63) is 66.0 Å². The van der Waals surface area contributed by atoms with E-state index < -0.39 is 17.9 Å². The number of aliphatic hydroxyl groups excluding tert-OH is 1. The second-order valence-corrected chi connectivity index (χ2v) is 5.41. The molecule has 0 aliphatic rings. The lowest BCUT2D eigenvalue weighted by Gasteiger charge is -2.21. The fraction of sp³-hybridized carbons (Fsp3) is 0.278. The van der Waals surface area contributed by atoms with Crippen LogP contribution < -0.4 is 15.4 Å². The van der Waals surface area contributed by atoms with E-state index in [9.17, 15) is 9.18 Å². The molecule has 6 heteroatoms. The van der Waals surface area contributed by atoms with Crippen molar-refractivity contribution in [3.8, 4) is 5.75 Å². The SMILES string of the molecule is CC(CO)NC(=O)NC(COc1ccccc1F)c1ccccc1. The number of rotatable bonds is 7. The summed E-state index contributed by atoms with van der Waals surface area (Å²) in [5.41, 5.74) is 0.834. The zero-order chi connectivity index (χ0) is 17.4. The molecule has 0 aliphatic heterocycles. The average Bonchev–Trinajstić information content (AvgIpc) is 2.60. The lowest BCUT2D eigenvalue weighted by Crippen LogP contribution is -2.44. The van der Waals surface area contributed by atoms with Crippen LogP contribution in [0.4, 0.5) is 9.18 Å². The predicted molar refractivity (Wildman–Crippen MR) is 89.3 cm³/mol. The molecule has 0 heterocycles. The van der Waals surface area contributed by atoms with Gasteiger partial charge in [0, 0.05) is 0 Å². The Hall–Kier alpha value is -2.60.